The molecule has 0 aliphatic heterocycles. The van der Waals surface area contributed by atoms with Gasteiger partial charge in [-0.15, -0.1) is 0 Å². The number of hydrazine groups is 1. The number of rotatable bonds is 6. The summed E-state index contributed by atoms with van der Waals surface area (Å²) in [7, 11) is 1.57. The normalized spacial score (nSPS) is 10.2. The van der Waals surface area contributed by atoms with Gasteiger partial charge < -0.3 is 10.1 Å². The number of amides is 2. The molecule has 0 bridgehead atoms. The number of carbonyl (C=O) groups is 2. The van der Waals surface area contributed by atoms with Crippen molar-refractivity contribution in [2.75, 3.05) is 17.9 Å². The van der Waals surface area contributed by atoms with Gasteiger partial charge in [-0.1, -0.05) is 41.2 Å². The predicted octanol–water partition coefficient (Wildman–Crippen LogP) is 3.84. The maximum Gasteiger partial charge on any atom is 0.256 e. The van der Waals surface area contributed by atoms with Crippen LogP contribution in [0.3, 0.4) is 0 Å². The van der Waals surface area contributed by atoms with Gasteiger partial charge in [-0.3, -0.25) is 20.4 Å². The Morgan fingerprint density at radius 1 is 1.04 bits per heavy atom. The molecule has 1 aromatic heterocycles. The van der Waals surface area contributed by atoms with Crippen molar-refractivity contribution in [2.45, 2.75) is 13.8 Å². The van der Waals surface area contributed by atoms with Gasteiger partial charge in [0, 0.05) is 18.1 Å². The third kappa shape index (κ3) is 4.66. The van der Waals surface area contributed by atoms with Gasteiger partial charge in [-0.25, -0.2) is 4.98 Å². The van der Waals surface area contributed by atoms with Crippen molar-refractivity contribution in [3.05, 3.63) is 59.7 Å². The Hall–Kier alpha value is -3.39. The van der Waals surface area contributed by atoms with Gasteiger partial charge in [-0.2, -0.15) is 0 Å². The molecule has 2 amide bonds. The van der Waals surface area contributed by atoms with Crippen LogP contribution in [-0.2, 0) is 4.79 Å². The molecular weight excluding hydrogens is 376 g/mol. The Bertz CT molecular complexity index is 982. The summed E-state index contributed by atoms with van der Waals surface area (Å²) < 4.78 is 5.12. The summed E-state index contributed by atoms with van der Waals surface area (Å²) in [6.45, 7) is 3.40. The monoisotopic (exact) mass is 396 g/mol. The van der Waals surface area contributed by atoms with Crippen molar-refractivity contribution >= 4 is 33.3 Å². The highest BCUT2D eigenvalue weighted by Gasteiger charge is 2.17. The summed E-state index contributed by atoms with van der Waals surface area (Å²) in [5.74, 6) is 0.179. The van der Waals surface area contributed by atoms with Crippen molar-refractivity contribution in [3.8, 4) is 17.0 Å². The van der Waals surface area contributed by atoms with E-state index < -0.39 is 0 Å². The smallest absolute Gasteiger partial charge is 0.256 e. The van der Waals surface area contributed by atoms with Crippen LogP contribution in [0.2, 0.25) is 0 Å². The number of hydrogen-bond donors (Lipinski definition) is 3. The minimum atomic E-state index is -0.259. The summed E-state index contributed by atoms with van der Waals surface area (Å²) in [5, 5.41) is 3.96. The molecule has 0 saturated heterocycles. The van der Waals surface area contributed by atoms with E-state index >= 15 is 0 Å². The SMILES string of the molecule is COc1ccc(C(=O)Nc2sc(NNC(C)=O)nc2-c2ccc(C)cc2)cc1. The lowest BCUT2D eigenvalue weighted by molar-refractivity contribution is -0.118. The van der Waals surface area contributed by atoms with Gasteiger partial charge in [0.05, 0.1) is 7.11 Å². The first-order valence-corrected chi connectivity index (χ1v) is 9.34. The molecule has 0 saturated carbocycles. The Balaban J connectivity index is 1.89. The van der Waals surface area contributed by atoms with Crippen molar-refractivity contribution < 1.29 is 14.3 Å². The second-order valence-corrected chi connectivity index (χ2v) is 7.05. The molecule has 28 heavy (non-hydrogen) atoms. The van der Waals surface area contributed by atoms with E-state index in [0.717, 1.165) is 11.1 Å². The summed E-state index contributed by atoms with van der Waals surface area (Å²) in [5.41, 5.74) is 8.36. The van der Waals surface area contributed by atoms with Crippen molar-refractivity contribution in [1.82, 2.24) is 10.4 Å². The zero-order chi connectivity index (χ0) is 20.1. The number of nitrogens with one attached hydrogen (secondary N) is 3. The number of benzene rings is 2. The number of methoxy groups -OCH3 is 1. The Labute approximate surface area is 166 Å². The van der Waals surface area contributed by atoms with Crippen LogP contribution >= 0.6 is 11.3 Å². The van der Waals surface area contributed by atoms with Gasteiger partial charge in [0.1, 0.15) is 16.4 Å². The largest absolute Gasteiger partial charge is 0.497 e. The molecule has 8 heteroatoms. The van der Waals surface area contributed by atoms with Crippen LogP contribution in [0.25, 0.3) is 11.3 Å². The summed E-state index contributed by atoms with van der Waals surface area (Å²) in [6.07, 6.45) is 0. The molecule has 0 fully saturated rings. The predicted molar refractivity (Wildman–Crippen MR) is 111 cm³/mol. The van der Waals surface area contributed by atoms with Crippen LogP contribution < -0.4 is 20.9 Å². The highest BCUT2D eigenvalue weighted by Crippen LogP contribution is 2.36. The Kier molecular flexibility index (Phi) is 5.90. The molecular formula is C20H20N4O3S. The van der Waals surface area contributed by atoms with E-state index in [2.05, 4.69) is 21.2 Å². The second kappa shape index (κ2) is 8.53. The molecule has 7 nitrogen and oxygen atoms in total. The first-order valence-electron chi connectivity index (χ1n) is 8.52. The van der Waals surface area contributed by atoms with Gasteiger partial charge in [0.2, 0.25) is 11.0 Å². The minimum Gasteiger partial charge on any atom is -0.497 e. The summed E-state index contributed by atoms with van der Waals surface area (Å²) in [6, 6.07) is 14.7. The number of hydrogen-bond acceptors (Lipinski definition) is 6. The van der Waals surface area contributed by atoms with Crippen LogP contribution in [0.4, 0.5) is 10.1 Å². The van der Waals surface area contributed by atoms with Gasteiger partial charge in [0.25, 0.3) is 5.91 Å². The summed E-state index contributed by atoms with van der Waals surface area (Å²) in [4.78, 5) is 28.3. The molecule has 3 aromatic rings. The number of nitrogens with zero attached hydrogens (tertiary/aromatic N) is 1. The third-order valence-electron chi connectivity index (χ3n) is 3.88. The quantitative estimate of drug-likeness (QED) is 0.551. The standard InChI is InChI=1S/C20H20N4O3S/c1-12-4-6-14(7-5-12)17-19(28-20(21-17)24-23-13(2)25)22-18(26)15-8-10-16(27-3)11-9-15/h4-11H,1-3H3,(H,21,24)(H,22,26)(H,23,25). The number of aromatic nitrogens is 1. The first kappa shape index (κ1) is 19.4. The fraction of sp³-hybridized carbons (Fsp3) is 0.150. The summed E-state index contributed by atoms with van der Waals surface area (Å²) >= 11 is 1.24. The number of aryl methyl sites for hydroxylation is 1. The molecule has 0 unspecified atom stereocenters. The van der Waals surface area contributed by atoms with E-state index in [1.807, 2.05) is 31.2 Å². The number of thiazole rings is 1. The molecule has 0 aliphatic carbocycles. The number of ether oxygens (including phenoxy) is 1. The van der Waals surface area contributed by atoms with Crippen molar-refractivity contribution in [2.24, 2.45) is 0 Å². The molecule has 0 aliphatic rings. The lowest BCUT2D eigenvalue weighted by Crippen LogP contribution is -2.26. The van der Waals surface area contributed by atoms with E-state index in [9.17, 15) is 9.59 Å². The third-order valence-corrected chi connectivity index (χ3v) is 4.76. The maximum atomic E-state index is 12.7. The van der Waals surface area contributed by atoms with E-state index in [1.54, 1.807) is 31.4 Å². The highest BCUT2D eigenvalue weighted by atomic mass is 32.1. The molecule has 0 spiro atoms. The van der Waals surface area contributed by atoms with Crippen molar-refractivity contribution in [1.29, 1.82) is 0 Å². The minimum absolute atomic E-state index is 0.240. The number of anilines is 2. The van der Waals surface area contributed by atoms with Crippen LogP contribution in [0.5, 0.6) is 5.75 Å². The maximum absolute atomic E-state index is 12.7. The fourth-order valence-corrected chi connectivity index (χ4v) is 3.26. The van der Waals surface area contributed by atoms with E-state index in [-0.39, 0.29) is 11.8 Å². The van der Waals surface area contributed by atoms with Gasteiger partial charge in [0.15, 0.2) is 0 Å². The molecule has 2 aromatic carbocycles. The van der Waals surface area contributed by atoms with Crippen LogP contribution in [0.1, 0.15) is 22.8 Å². The average molecular weight is 396 g/mol. The molecule has 0 radical (unpaired) electrons. The van der Waals surface area contributed by atoms with E-state index in [1.165, 1.54) is 18.3 Å². The van der Waals surface area contributed by atoms with Crippen LogP contribution in [0, 0.1) is 6.92 Å². The number of carbonyl (C=O) groups excluding carboxylic acids is 2. The van der Waals surface area contributed by atoms with Crippen LogP contribution in [-0.4, -0.2) is 23.9 Å². The second-order valence-electron chi connectivity index (χ2n) is 6.05. The molecule has 144 valence electrons. The first-order chi connectivity index (χ1) is 13.5. The molecule has 0 atom stereocenters. The molecule has 3 rings (SSSR count). The highest BCUT2D eigenvalue weighted by molar-refractivity contribution is 7.20. The molecule has 1 heterocycles. The Morgan fingerprint density at radius 2 is 1.71 bits per heavy atom. The topological polar surface area (TPSA) is 92.4 Å². The lowest BCUT2D eigenvalue weighted by Gasteiger charge is -2.06. The zero-order valence-corrected chi connectivity index (χ0v) is 16.5. The fourth-order valence-electron chi connectivity index (χ4n) is 2.42. The lowest BCUT2D eigenvalue weighted by atomic mass is 10.1. The van der Waals surface area contributed by atoms with Gasteiger partial charge >= 0.3 is 0 Å². The Morgan fingerprint density at radius 3 is 2.32 bits per heavy atom. The average Bonchev–Trinajstić information content (AvgIpc) is 3.09. The molecule has 3 N–H and O–H groups in total. The van der Waals surface area contributed by atoms with Crippen LogP contribution in [0.15, 0.2) is 48.5 Å². The zero-order valence-electron chi connectivity index (χ0n) is 15.7. The van der Waals surface area contributed by atoms with Gasteiger partial charge in [-0.05, 0) is 31.2 Å². The van der Waals surface area contributed by atoms with E-state index in [0.29, 0.717) is 27.1 Å². The van der Waals surface area contributed by atoms with E-state index in [4.69, 9.17) is 4.74 Å². The van der Waals surface area contributed by atoms with Crippen molar-refractivity contribution in [3.63, 3.8) is 0 Å².